The van der Waals surface area contributed by atoms with E-state index in [4.69, 9.17) is 0 Å². The summed E-state index contributed by atoms with van der Waals surface area (Å²) in [6.07, 6.45) is 5.55. The maximum atomic E-state index is 12.4. The second-order valence-electron chi connectivity index (χ2n) is 7.26. The number of nitrogens with zero attached hydrogens (tertiary/aromatic N) is 2. The van der Waals surface area contributed by atoms with E-state index < -0.39 is 5.91 Å². The first-order chi connectivity index (χ1) is 14.0. The maximum Gasteiger partial charge on any atom is 0.279 e. The second-order valence-corrected chi connectivity index (χ2v) is 8.40. The van der Waals surface area contributed by atoms with E-state index in [1.165, 1.54) is 39.1 Å². The number of hydrogen-bond donors (Lipinski definition) is 2. The molecule has 0 spiro atoms. The quantitative estimate of drug-likeness (QED) is 0.646. The molecule has 1 aliphatic rings. The first kappa shape index (κ1) is 19.3. The number of hydrazine groups is 1. The highest BCUT2D eigenvalue weighted by Crippen LogP contribution is 2.33. The van der Waals surface area contributed by atoms with Crippen molar-refractivity contribution in [3.63, 3.8) is 0 Å². The van der Waals surface area contributed by atoms with Crippen molar-refractivity contribution in [1.29, 1.82) is 0 Å². The van der Waals surface area contributed by atoms with Crippen molar-refractivity contribution >= 4 is 34.1 Å². The van der Waals surface area contributed by atoms with Crippen LogP contribution in [0.25, 0.3) is 10.9 Å². The van der Waals surface area contributed by atoms with Crippen LogP contribution >= 0.6 is 11.3 Å². The molecule has 7 nitrogen and oxygen atoms in total. The molecule has 2 N–H and O–H groups in total. The number of rotatable bonds is 4. The average Bonchev–Trinajstić information content (AvgIpc) is 3.17. The molecular formula is C21H22N4O3S. The smallest absolute Gasteiger partial charge is 0.279 e. The van der Waals surface area contributed by atoms with Crippen LogP contribution in [0.15, 0.2) is 41.3 Å². The van der Waals surface area contributed by atoms with Gasteiger partial charge in [-0.15, -0.1) is 11.3 Å². The Kier molecular flexibility index (Phi) is 5.44. The van der Waals surface area contributed by atoms with Gasteiger partial charge in [-0.3, -0.25) is 29.9 Å². The van der Waals surface area contributed by atoms with Crippen LogP contribution in [0, 0.1) is 5.92 Å². The van der Waals surface area contributed by atoms with Gasteiger partial charge in [-0.2, -0.15) is 5.10 Å². The lowest BCUT2D eigenvalue weighted by Crippen LogP contribution is -2.43. The van der Waals surface area contributed by atoms with Crippen molar-refractivity contribution in [1.82, 2.24) is 20.6 Å². The van der Waals surface area contributed by atoms with Gasteiger partial charge in [0, 0.05) is 10.3 Å². The van der Waals surface area contributed by atoms with Crippen molar-refractivity contribution in [2.75, 3.05) is 0 Å². The Balaban J connectivity index is 1.39. The fourth-order valence-electron chi connectivity index (χ4n) is 3.71. The predicted molar refractivity (Wildman–Crippen MR) is 112 cm³/mol. The van der Waals surface area contributed by atoms with Gasteiger partial charge >= 0.3 is 0 Å². The summed E-state index contributed by atoms with van der Waals surface area (Å²) in [7, 11) is 0. The normalized spacial score (nSPS) is 15.7. The molecule has 0 aliphatic heterocycles. The van der Waals surface area contributed by atoms with Crippen LogP contribution in [-0.2, 0) is 24.2 Å². The number of carbonyl (C=O) groups is 2. The standard InChI is InChI=1S/C21H22N4O3S/c1-2-13-7-8-18-14(9-13)10-19(29-18)21(28)24-23-20(27)12-25-16-6-4-3-5-15(16)17(26)11-22-25/h3-6,10-11,13H,2,7-9,12H2,1H3,(H,23,27)(H,24,28)/t13-/m0/s1. The third kappa shape index (κ3) is 4.07. The van der Waals surface area contributed by atoms with Crippen LogP contribution in [-0.4, -0.2) is 21.6 Å². The molecule has 2 heterocycles. The molecule has 150 valence electrons. The molecule has 1 aliphatic carbocycles. The van der Waals surface area contributed by atoms with E-state index in [0.717, 1.165) is 19.3 Å². The molecule has 2 amide bonds. The number of nitrogens with one attached hydrogen (secondary N) is 2. The molecule has 1 aromatic carbocycles. The zero-order valence-corrected chi connectivity index (χ0v) is 16.9. The number of thiophene rings is 1. The van der Waals surface area contributed by atoms with E-state index in [0.29, 0.717) is 21.7 Å². The predicted octanol–water partition coefficient (Wildman–Crippen LogP) is 2.43. The molecule has 1 atom stereocenters. The summed E-state index contributed by atoms with van der Waals surface area (Å²) >= 11 is 1.50. The zero-order chi connectivity index (χ0) is 20.4. The first-order valence-corrected chi connectivity index (χ1v) is 10.5. The summed E-state index contributed by atoms with van der Waals surface area (Å²) < 4.78 is 1.44. The van der Waals surface area contributed by atoms with Gasteiger partial charge in [-0.25, -0.2) is 0 Å². The molecule has 29 heavy (non-hydrogen) atoms. The molecular weight excluding hydrogens is 388 g/mol. The van der Waals surface area contributed by atoms with Crippen LogP contribution in [0.2, 0.25) is 0 Å². The minimum absolute atomic E-state index is 0.111. The summed E-state index contributed by atoms with van der Waals surface area (Å²) in [5, 5.41) is 4.52. The second kappa shape index (κ2) is 8.16. The highest BCUT2D eigenvalue weighted by Gasteiger charge is 2.22. The molecule has 3 aromatic rings. The van der Waals surface area contributed by atoms with Crippen LogP contribution in [0.4, 0.5) is 0 Å². The van der Waals surface area contributed by atoms with E-state index in [1.54, 1.807) is 24.3 Å². The number of carbonyl (C=O) groups excluding carboxylic acids is 2. The molecule has 0 bridgehead atoms. The Hall–Kier alpha value is -3.00. The maximum absolute atomic E-state index is 12.4. The summed E-state index contributed by atoms with van der Waals surface area (Å²) in [5.74, 6) is -0.0527. The molecule has 0 fully saturated rings. The van der Waals surface area contributed by atoms with Gasteiger partial charge < -0.3 is 0 Å². The lowest BCUT2D eigenvalue weighted by Gasteiger charge is -2.19. The number of hydrogen-bond acceptors (Lipinski definition) is 5. The third-order valence-electron chi connectivity index (χ3n) is 5.36. The van der Waals surface area contributed by atoms with Crippen molar-refractivity contribution in [3.05, 3.63) is 62.1 Å². The van der Waals surface area contributed by atoms with Crippen LogP contribution in [0.1, 0.15) is 39.9 Å². The summed E-state index contributed by atoms with van der Waals surface area (Å²) in [6, 6.07) is 8.91. The van der Waals surface area contributed by atoms with Gasteiger partial charge in [-0.1, -0.05) is 25.5 Å². The largest absolute Gasteiger partial charge is 0.287 e. The van der Waals surface area contributed by atoms with E-state index in [9.17, 15) is 14.4 Å². The molecule has 0 saturated carbocycles. The molecule has 2 aromatic heterocycles. The number of amides is 2. The Labute approximate surface area is 171 Å². The monoisotopic (exact) mass is 410 g/mol. The first-order valence-electron chi connectivity index (χ1n) is 9.70. The van der Waals surface area contributed by atoms with Crippen molar-refractivity contribution in [3.8, 4) is 0 Å². The molecule has 4 rings (SSSR count). The Morgan fingerprint density at radius 3 is 2.93 bits per heavy atom. The minimum Gasteiger partial charge on any atom is -0.287 e. The van der Waals surface area contributed by atoms with Crippen LogP contribution < -0.4 is 16.3 Å². The highest BCUT2D eigenvalue weighted by atomic mass is 32.1. The Morgan fingerprint density at radius 1 is 1.28 bits per heavy atom. The lowest BCUT2D eigenvalue weighted by atomic mass is 9.87. The fraction of sp³-hybridized carbons (Fsp3) is 0.333. The van der Waals surface area contributed by atoms with Crippen molar-refractivity contribution < 1.29 is 9.59 Å². The molecule has 0 radical (unpaired) electrons. The lowest BCUT2D eigenvalue weighted by molar-refractivity contribution is -0.122. The fourth-order valence-corrected chi connectivity index (χ4v) is 4.81. The summed E-state index contributed by atoms with van der Waals surface area (Å²) in [4.78, 5) is 38.5. The van der Waals surface area contributed by atoms with E-state index in [-0.39, 0.29) is 17.9 Å². The van der Waals surface area contributed by atoms with Gasteiger partial charge in [0.2, 0.25) is 5.43 Å². The minimum atomic E-state index is -0.424. The van der Waals surface area contributed by atoms with Gasteiger partial charge in [0.15, 0.2) is 0 Å². The molecule has 0 unspecified atom stereocenters. The van der Waals surface area contributed by atoms with Crippen LogP contribution in [0.5, 0.6) is 0 Å². The van der Waals surface area contributed by atoms with Gasteiger partial charge in [0.25, 0.3) is 11.8 Å². The molecule has 8 heteroatoms. The summed E-state index contributed by atoms with van der Waals surface area (Å²) in [6.45, 7) is 2.09. The number of benzene rings is 1. The van der Waals surface area contributed by atoms with E-state index in [2.05, 4.69) is 22.9 Å². The van der Waals surface area contributed by atoms with Crippen molar-refractivity contribution in [2.24, 2.45) is 5.92 Å². The van der Waals surface area contributed by atoms with Gasteiger partial charge in [0.05, 0.1) is 16.6 Å². The van der Waals surface area contributed by atoms with Gasteiger partial charge in [0.1, 0.15) is 6.54 Å². The van der Waals surface area contributed by atoms with E-state index >= 15 is 0 Å². The summed E-state index contributed by atoms with van der Waals surface area (Å²) in [5.41, 5.74) is 6.55. The highest BCUT2D eigenvalue weighted by molar-refractivity contribution is 7.14. The zero-order valence-electron chi connectivity index (χ0n) is 16.1. The topological polar surface area (TPSA) is 93.1 Å². The number of para-hydroxylation sites is 1. The SMILES string of the molecule is CC[C@H]1CCc2sc(C(=O)NNC(=O)Cn3ncc(=O)c4ccccc43)cc2C1. The molecule has 0 saturated heterocycles. The van der Waals surface area contributed by atoms with Crippen molar-refractivity contribution in [2.45, 2.75) is 39.2 Å². The van der Waals surface area contributed by atoms with Gasteiger partial charge in [-0.05, 0) is 48.9 Å². The van der Waals surface area contributed by atoms with Crippen LogP contribution in [0.3, 0.4) is 0 Å². The number of fused-ring (bicyclic) bond motifs is 2. The Bertz CT molecular complexity index is 1130. The third-order valence-corrected chi connectivity index (χ3v) is 6.59. The Morgan fingerprint density at radius 2 is 2.10 bits per heavy atom. The van der Waals surface area contributed by atoms with E-state index in [1.807, 2.05) is 6.07 Å². The average molecular weight is 410 g/mol. The number of aromatic nitrogens is 2. The number of aryl methyl sites for hydroxylation is 1.